The first kappa shape index (κ1) is 8.06. The lowest BCUT2D eigenvalue weighted by Crippen LogP contribution is -1.90. The van der Waals surface area contributed by atoms with Gasteiger partial charge in [0.15, 0.2) is 5.52 Å². The van der Waals surface area contributed by atoms with Crippen LogP contribution < -0.4 is 0 Å². The number of nitro groups is 1. The fraction of sp³-hybridized carbons (Fsp3) is 0.143. The average Bonchev–Trinajstić information content (AvgIpc) is 2.53. The third-order valence-electron chi connectivity index (χ3n) is 1.79. The van der Waals surface area contributed by atoms with Gasteiger partial charge in [-0.3, -0.25) is 10.1 Å². The summed E-state index contributed by atoms with van der Waals surface area (Å²) in [5.41, 5.74) is 1.94. The normalized spacial score (nSPS) is 10.5. The molecule has 2 aromatic rings. The molecule has 0 aliphatic carbocycles. The summed E-state index contributed by atoms with van der Waals surface area (Å²) >= 11 is 0.994. The van der Waals surface area contributed by atoms with E-state index in [2.05, 4.69) is 8.75 Å². The van der Waals surface area contributed by atoms with Gasteiger partial charge >= 0.3 is 0 Å². The Hall–Kier alpha value is -1.56. The zero-order valence-electron chi connectivity index (χ0n) is 6.72. The van der Waals surface area contributed by atoms with Crippen LogP contribution in [-0.2, 0) is 0 Å². The lowest BCUT2D eigenvalue weighted by Gasteiger charge is -1.93. The van der Waals surface area contributed by atoms with Gasteiger partial charge in [-0.05, 0) is 12.5 Å². The summed E-state index contributed by atoms with van der Waals surface area (Å²) in [6.07, 6.45) is 0. The Labute approximate surface area is 77.5 Å². The number of non-ortho nitro benzene ring substituents is 1. The van der Waals surface area contributed by atoms with Gasteiger partial charge in [0.25, 0.3) is 5.69 Å². The molecule has 0 N–H and O–H groups in total. The van der Waals surface area contributed by atoms with Crippen molar-refractivity contribution in [3.8, 4) is 0 Å². The fourth-order valence-electron chi connectivity index (χ4n) is 1.12. The quantitative estimate of drug-likeness (QED) is 0.514. The largest absolute Gasteiger partial charge is 0.298 e. The van der Waals surface area contributed by atoms with Crippen molar-refractivity contribution in [3.63, 3.8) is 0 Å². The second-order valence-corrected chi connectivity index (χ2v) is 3.15. The van der Waals surface area contributed by atoms with Crippen LogP contribution in [0.3, 0.4) is 0 Å². The van der Waals surface area contributed by atoms with Crippen molar-refractivity contribution in [2.45, 2.75) is 6.92 Å². The molecule has 2 rings (SSSR count). The van der Waals surface area contributed by atoms with Gasteiger partial charge in [0.05, 0.1) is 16.7 Å². The second-order valence-electron chi connectivity index (χ2n) is 2.62. The van der Waals surface area contributed by atoms with Crippen LogP contribution in [0.15, 0.2) is 12.1 Å². The molecule has 0 amide bonds. The van der Waals surface area contributed by atoms with E-state index in [1.165, 1.54) is 6.07 Å². The number of aromatic nitrogens is 2. The monoisotopic (exact) mass is 195 g/mol. The van der Waals surface area contributed by atoms with Gasteiger partial charge in [-0.25, -0.2) is 0 Å². The molecule has 0 saturated carbocycles. The van der Waals surface area contributed by atoms with Gasteiger partial charge in [-0.15, -0.1) is 0 Å². The SMILES string of the molecule is Cc1ccc([N+](=O)[O-])c2nsnc12. The standard InChI is InChI=1S/C7H5N3O2S/c1-4-2-3-5(10(11)12)7-6(4)8-13-9-7/h2-3H,1H3. The maximum absolute atomic E-state index is 10.6. The first-order valence-electron chi connectivity index (χ1n) is 3.56. The van der Waals surface area contributed by atoms with Crippen LogP contribution in [-0.4, -0.2) is 13.7 Å². The number of hydrogen-bond acceptors (Lipinski definition) is 5. The number of aryl methyl sites for hydroxylation is 1. The predicted octanol–water partition coefficient (Wildman–Crippen LogP) is 1.91. The highest BCUT2D eigenvalue weighted by Gasteiger charge is 2.15. The van der Waals surface area contributed by atoms with Crippen molar-refractivity contribution in [1.29, 1.82) is 0 Å². The van der Waals surface area contributed by atoms with Crippen molar-refractivity contribution in [1.82, 2.24) is 8.75 Å². The number of nitrogens with zero attached hydrogens (tertiary/aromatic N) is 3. The summed E-state index contributed by atoms with van der Waals surface area (Å²) in [6.45, 7) is 1.85. The van der Waals surface area contributed by atoms with Crippen molar-refractivity contribution in [2.24, 2.45) is 0 Å². The molecular formula is C7H5N3O2S. The Balaban J connectivity index is 2.86. The van der Waals surface area contributed by atoms with E-state index < -0.39 is 4.92 Å². The molecule has 0 bridgehead atoms. The van der Waals surface area contributed by atoms with E-state index in [0.29, 0.717) is 11.0 Å². The minimum Gasteiger partial charge on any atom is -0.258 e. The fourth-order valence-corrected chi connectivity index (χ4v) is 1.74. The third-order valence-corrected chi connectivity index (χ3v) is 2.32. The molecule has 0 radical (unpaired) electrons. The molecule has 0 unspecified atom stereocenters. The first-order valence-corrected chi connectivity index (χ1v) is 4.29. The molecule has 0 spiro atoms. The van der Waals surface area contributed by atoms with Crippen molar-refractivity contribution >= 4 is 28.4 Å². The number of rotatable bonds is 1. The summed E-state index contributed by atoms with van der Waals surface area (Å²) in [5, 5.41) is 10.6. The van der Waals surface area contributed by atoms with Gasteiger partial charge in [0, 0.05) is 6.07 Å². The van der Waals surface area contributed by atoms with E-state index in [9.17, 15) is 10.1 Å². The molecule has 13 heavy (non-hydrogen) atoms. The summed E-state index contributed by atoms with van der Waals surface area (Å²) in [6, 6.07) is 3.14. The molecular weight excluding hydrogens is 190 g/mol. The van der Waals surface area contributed by atoms with Gasteiger partial charge in [-0.1, -0.05) is 6.07 Å². The smallest absolute Gasteiger partial charge is 0.258 e. The van der Waals surface area contributed by atoms with Gasteiger partial charge < -0.3 is 0 Å². The molecule has 66 valence electrons. The van der Waals surface area contributed by atoms with Gasteiger partial charge in [0.1, 0.15) is 5.52 Å². The van der Waals surface area contributed by atoms with Crippen molar-refractivity contribution in [3.05, 3.63) is 27.8 Å². The highest BCUT2D eigenvalue weighted by Crippen LogP contribution is 2.25. The maximum atomic E-state index is 10.6. The minimum absolute atomic E-state index is 0.0225. The number of nitro benzene ring substituents is 1. The molecule has 0 saturated heterocycles. The summed E-state index contributed by atoms with van der Waals surface area (Å²) in [7, 11) is 0. The maximum Gasteiger partial charge on any atom is 0.298 e. The van der Waals surface area contributed by atoms with Crippen LogP contribution in [0.5, 0.6) is 0 Å². The Morgan fingerprint density at radius 3 is 2.77 bits per heavy atom. The third kappa shape index (κ3) is 1.15. The van der Waals surface area contributed by atoms with E-state index in [1.807, 2.05) is 6.92 Å². The van der Waals surface area contributed by atoms with Crippen LogP contribution >= 0.6 is 11.7 Å². The molecule has 1 heterocycles. The molecule has 5 nitrogen and oxygen atoms in total. The number of benzene rings is 1. The molecule has 0 aliphatic rings. The van der Waals surface area contributed by atoms with Gasteiger partial charge in [0.2, 0.25) is 0 Å². The minimum atomic E-state index is -0.441. The highest BCUT2D eigenvalue weighted by molar-refractivity contribution is 7.00. The molecule has 0 aliphatic heterocycles. The summed E-state index contributed by atoms with van der Waals surface area (Å²) in [4.78, 5) is 10.1. The Morgan fingerprint density at radius 2 is 2.08 bits per heavy atom. The first-order chi connectivity index (χ1) is 6.20. The lowest BCUT2D eigenvalue weighted by atomic mass is 10.2. The summed E-state index contributed by atoms with van der Waals surface area (Å²) < 4.78 is 7.88. The van der Waals surface area contributed by atoms with Crippen LogP contribution in [0.2, 0.25) is 0 Å². The summed E-state index contributed by atoms with van der Waals surface area (Å²) in [5.74, 6) is 0. The molecule has 0 fully saturated rings. The van der Waals surface area contributed by atoms with E-state index in [4.69, 9.17) is 0 Å². The lowest BCUT2D eigenvalue weighted by molar-refractivity contribution is -0.383. The zero-order chi connectivity index (χ0) is 9.42. The molecule has 0 atom stereocenters. The Bertz CT molecular complexity index is 480. The van der Waals surface area contributed by atoms with E-state index >= 15 is 0 Å². The number of fused-ring (bicyclic) bond motifs is 1. The van der Waals surface area contributed by atoms with E-state index in [-0.39, 0.29) is 5.69 Å². The molecule has 1 aromatic carbocycles. The van der Waals surface area contributed by atoms with Crippen molar-refractivity contribution in [2.75, 3.05) is 0 Å². The molecule has 1 aromatic heterocycles. The van der Waals surface area contributed by atoms with Crippen LogP contribution in [0.1, 0.15) is 5.56 Å². The Morgan fingerprint density at radius 1 is 1.38 bits per heavy atom. The predicted molar refractivity (Wildman–Crippen MR) is 48.8 cm³/mol. The second kappa shape index (κ2) is 2.74. The van der Waals surface area contributed by atoms with Gasteiger partial charge in [-0.2, -0.15) is 8.75 Å². The van der Waals surface area contributed by atoms with Crippen LogP contribution in [0.4, 0.5) is 5.69 Å². The van der Waals surface area contributed by atoms with E-state index in [0.717, 1.165) is 17.3 Å². The van der Waals surface area contributed by atoms with Crippen molar-refractivity contribution < 1.29 is 4.92 Å². The van der Waals surface area contributed by atoms with E-state index in [1.54, 1.807) is 6.07 Å². The zero-order valence-corrected chi connectivity index (χ0v) is 7.54. The average molecular weight is 195 g/mol. The topological polar surface area (TPSA) is 68.9 Å². The van der Waals surface area contributed by atoms with Crippen LogP contribution in [0, 0.1) is 17.0 Å². The molecule has 6 heteroatoms. The number of hydrogen-bond donors (Lipinski definition) is 0. The highest BCUT2D eigenvalue weighted by atomic mass is 32.1. The Kier molecular flexibility index (Phi) is 1.70. The van der Waals surface area contributed by atoms with Crippen LogP contribution in [0.25, 0.3) is 11.0 Å².